The Hall–Kier alpha value is -0.610. The summed E-state index contributed by atoms with van der Waals surface area (Å²) in [7, 11) is 0. The van der Waals surface area contributed by atoms with Crippen LogP contribution in [0.4, 0.5) is 0 Å². The molecule has 0 aromatic heterocycles. The third-order valence-electron chi connectivity index (χ3n) is 3.19. The molecule has 0 bridgehead atoms. The Balaban J connectivity index is 2.10. The first-order valence-electron chi connectivity index (χ1n) is 6.39. The molecule has 1 aliphatic rings. The lowest BCUT2D eigenvalue weighted by molar-refractivity contribution is -0.135. The van der Waals surface area contributed by atoms with Crippen molar-refractivity contribution in [3.8, 4) is 0 Å². The molecule has 0 saturated carbocycles. The Morgan fingerprint density at radius 3 is 2.38 bits per heavy atom. The van der Waals surface area contributed by atoms with Crippen LogP contribution in [-0.2, 0) is 4.79 Å². The van der Waals surface area contributed by atoms with Crippen LogP contribution in [0.1, 0.15) is 32.6 Å². The van der Waals surface area contributed by atoms with Crippen LogP contribution < -0.4 is 0 Å². The number of aliphatic hydroxyl groups is 1. The van der Waals surface area contributed by atoms with Crippen molar-refractivity contribution in [2.75, 3.05) is 39.3 Å². The van der Waals surface area contributed by atoms with E-state index in [9.17, 15) is 4.79 Å². The number of piperazine rings is 1. The zero-order valence-corrected chi connectivity index (χ0v) is 10.3. The quantitative estimate of drug-likeness (QED) is 0.681. The molecule has 0 aromatic carbocycles. The van der Waals surface area contributed by atoms with E-state index in [0.717, 1.165) is 32.7 Å². The highest BCUT2D eigenvalue weighted by atomic mass is 16.3. The molecule has 0 spiro atoms. The minimum absolute atomic E-state index is 0.134. The van der Waals surface area contributed by atoms with Crippen LogP contribution in [0.15, 0.2) is 0 Å². The number of carbonyl (C=O) groups excluding carboxylic acids is 1. The van der Waals surface area contributed by atoms with Gasteiger partial charge in [-0.2, -0.15) is 0 Å². The van der Waals surface area contributed by atoms with Crippen LogP contribution in [0.3, 0.4) is 0 Å². The Morgan fingerprint density at radius 1 is 1.12 bits per heavy atom. The lowest BCUT2D eigenvalue weighted by Crippen LogP contribution is -2.49. The first kappa shape index (κ1) is 13.5. The minimum atomic E-state index is -0.351. The molecule has 0 atom stereocenters. The normalized spacial score (nSPS) is 17.8. The molecule has 1 saturated heterocycles. The van der Waals surface area contributed by atoms with Gasteiger partial charge in [0.25, 0.3) is 0 Å². The van der Waals surface area contributed by atoms with E-state index in [0.29, 0.717) is 0 Å². The number of aliphatic hydroxyl groups excluding tert-OH is 1. The predicted molar refractivity (Wildman–Crippen MR) is 64.2 cm³/mol. The van der Waals surface area contributed by atoms with Crippen molar-refractivity contribution < 1.29 is 9.90 Å². The largest absolute Gasteiger partial charge is 0.387 e. The fourth-order valence-corrected chi connectivity index (χ4v) is 2.08. The van der Waals surface area contributed by atoms with Gasteiger partial charge in [-0.3, -0.25) is 9.69 Å². The standard InChI is InChI=1S/C12H24N2O2/c1-2-3-4-5-6-13-7-9-14(10-8-13)12(16)11-15/h15H,2-11H2,1H3. The van der Waals surface area contributed by atoms with Crippen LogP contribution in [-0.4, -0.2) is 60.1 Å². The topological polar surface area (TPSA) is 43.8 Å². The second kappa shape index (κ2) is 7.63. The summed E-state index contributed by atoms with van der Waals surface area (Å²) in [6.07, 6.45) is 5.18. The molecule has 1 N–H and O–H groups in total. The van der Waals surface area contributed by atoms with E-state index in [4.69, 9.17) is 5.11 Å². The third-order valence-corrected chi connectivity index (χ3v) is 3.19. The van der Waals surface area contributed by atoms with Crippen LogP contribution in [0.2, 0.25) is 0 Å². The minimum Gasteiger partial charge on any atom is -0.387 e. The molecule has 1 rings (SSSR count). The van der Waals surface area contributed by atoms with Crippen LogP contribution >= 0.6 is 0 Å². The van der Waals surface area contributed by atoms with Gasteiger partial charge in [0.15, 0.2) is 0 Å². The van der Waals surface area contributed by atoms with E-state index in [2.05, 4.69) is 11.8 Å². The van der Waals surface area contributed by atoms with Gasteiger partial charge in [-0.25, -0.2) is 0 Å². The average Bonchev–Trinajstić information content (AvgIpc) is 2.34. The number of hydrogen-bond donors (Lipinski definition) is 1. The smallest absolute Gasteiger partial charge is 0.248 e. The van der Waals surface area contributed by atoms with Crippen molar-refractivity contribution in [2.24, 2.45) is 0 Å². The second-order valence-corrected chi connectivity index (χ2v) is 4.44. The van der Waals surface area contributed by atoms with Crippen molar-refractivity contribution in [1.29, 1.82) is 0 Å². The zero-order chi connectivity index (χ0) is 11.8. The van der Waals surface area contributed by atoms with Gasteiger partial charge in [0.05, 0.1) is 0 Å². The summed E-state index contributed by atoms with van der Waals surface area (Å²) in [4.78, 5) is 15.4. The summed E-state index contributed by atoms with van der Waals surface area (Å²) < 4.78 is 0. The van der Waals surface area contributed by atoms with Crippen molar-refractivity contribution >= 4 is 5.91 Å². The van der Waals surface area contributed by atoms with Crippen molar-refractivity contribution in [3.63, 3.8) is 0 Å². The van der Waals surface area contributed by atoms with Crippen molar-refractivity contribution in [1.82, 2.24) is 9.80 Å². The lowest BCUT2D eigenvalue weighted by atomic mass is 10.2. The molecule has 16 heavy (non-hydrogen) atoms. The van der Waals surface area contributed by atoms with E-state index in [1.54, 1.807) is 4.90 Å². The van der Waals surface area contributed by atoms with Gasteiger partial charge in [0.2, 0.25) is 5.91 Å². The van der Waals surface area contributed by atoms with Crippen LogP contribution in [0.25, 0.3) is 0 Å². The van der Waals surface area contributed by atoms with Crippen molar-refractivity contribution in [2.45, 2.75) is 32.6 Å². The van der Waals surface area contributed by atoms with Crippen molar-refractivity contribution in [3.05, 3.63) is 0 Å². The molecule has 4 nitrogen and oxygen atoms in total. The summed E-state index contributed by atoms with van der Waals surface area (Å²) in [5, 5.41) is 8.75. The van der Waals surface area contributed by atoms with Gasteiger partial charge in [0, 0.05) is 26.2 Å². The molecule has 1 heterocycles. The predicted octanol–water partition coefficient (Wildman–Crippen LogP) is 0.703. The van der Waals surface area contributed by atoms with E-state index in [-0.39, 0.29) is 12.5 Å². The number of nitrogens with zero attached hydrogens (tertiary/aromatic N) is 2. The maximum atomic E-state index is 11.2. The Bertz CT molecular complexity index is 201. The monoisotopic (exact) mass is 228 g/mol. The van der Waals surface area contributed by atoms with Gasteiger partial charge < -0.3 is 10.0 Å². The third kappa shape index (κ3) is 4.49. The SMILES string of the molecule is CCCCCCN1CCN(C(=O)CO)CC1. The molecule has 94 valence electrons. The number of amides is 1. The highest BCUT2D eigenvalue weighted by Crippen LogP contribution is 2.05. The highest BCUT2D eigenvalue weighted by molar-refractivity contribution is 5.77. The van der Waals surface area contributed by atoms with Crippen LogP contribution in [0, 0.1) is 0 Å². The molecular weight excluding hydrogens is 204 g/mol. The Labute approximate surface area is 98.2 Å². The molecule has 0 radical (unpaired) electrons. The van der Waals surface area contributed by atoms with Gasteiger partial charge in [-0.05, 0) is 13.0 Å². The lowest BCUT2D eigenvalue weighted by Gasteiger charge is -2.34. The molecular formula is C12H24N2O2. The molecule has 1 amide bonds. The molecule has 1 fully saturated rings. The van der Waals surface area contributed by atoms with E-state index in [1.165, 1.54) is 25.7 Å². The van der Waals surface area contributed by atoms with Gasteiger partial charge in [0.1, 0.15) is 6.61 Å². The van der Waals surface area contributed by atoms with Crippen LogP contribution in [0.5, 0.6) is 0 Å². The van der Waals surface area contributed by atoms with Gasteiger partial charge >= 0.3 is 0 Å². The average molecular weight is 228 g/mol. The van der Waals surface area contributed by atoms with E-state index in [1.807, 2.05) is 0 Å². The summed E-state index contributed by atoms with van der Waals surface area (Å²) >= 11 is 0. The number of unbranched alkanes of at least 4 members (excludes halogenated alkanes) is 3. The molecule has 4 heteroatoms. The fraction of sp³-hybridized carbons (Fsp3) is 0.917. The molecule has 1 aliphatic heterocycles. The molecule has 0 aromatic rings. The number of hydrogen-bond acceptors (Lipinski definition) is 3. The van der Waals surface area contributed by atoms with Gasteiger partial charge in [-0.1, -0.05) is 26.2 Å². The molecule has 0 unspecified atom stereocenters. The Morgan fingerprint density at radius 2 is 1.81 bits per heavy atom. The fourth-order valence-electron chi connectivity index (χ4n) is 2.08. The highest BCUT2D eigenvalue weighted by Gasteiger charge is 2.19. The number of carbonyl (C=O) groups is 1. The molecule has 0 aliphatic carbocycles. The van der Waals surface area contributed by atoms with E-state index < -0.39 is 0 Å². The first-order valence-corrected chi connectivity index (χ1v) is 6.39. The second-order valence-electron chi connectivity index (χ2n) is 4.44. The maximum Gasteiger partial charge on any atom is 0.248 e. The van der Waals surface area contributed by atoms with Gasteiger partial charge in [-0.15, -0.1) is 0 Å². The Kier molecular flexibility index (Phi) is 6.42. The summed E-state index contributed by atoms with van der Waals surface area (Å²) in [6.45, 7) is 6.48. The first-order chi connectivity index (χ1) is 7.77. The zero-order valence-electron chi connectivity index (χ0n) is 10.3. The summed E-state index contributed by atoms with van der Waals surface area (Å²) in [5.74, 6) is -0.134. The van der Waals surface area contributed by atoms with E-state index >= 15 is 0 Å². The summed E-state index contributed by atoms with van der Waals surface area (Å²) in [5.41, 5.74) is 0. The number of rotatable bonds is 6. The maximum absolute atomic E-state index is 11.2. The summed E-state index contributed by atoms with van der Waals surface area (Å²) in [6, 6.07) is 0.